The first-order chi connectivity index (χ1) is 13.2. The Kier molecular flexibility index (Phi) is 6.26. The van der Waals surface area contributed by atoms with Crippen LogP contribution in [0.3, 0.4) is 0 Å². The average Bonchev–Trinajstić information content (AvgIpc) is 2.73. The summed E-state index contributed by atoms with van der Waals surface area (Å²) in [6.07, 6.45) is 4.78. The van der Waals surface area contributed by atoms with E-state index >= 15 is 0 Å². The first kappa shape index (κ1) is 18.7. The van der Waals surface area contributed by atoms with Crippen LogP contribution in [0.2, 0.25) is 0 Å². The average molecular weight is 364 g/mol. The highest BCUT2D eigenvalue weighted by atomic mass is 16.5. The number of nitrogens with one attached hydrogen (secondary N) is 1. The molecule has 3 rings (SSSR count). The minimum atomic E-state index is -0.0748. The summed E-state index contributed by atoms with van der Waals surface area (Å²) < 4.78 is 5.12. The molecule has 0 unspecified atom stereocenters. The highest BCUT2D eigenvalue weighted by Gasteiger charge is 2.26. The lowest BCUT2D eigenvalue weighted by molar-refractivity contribution is -0.130. The minimum absolute atomic E-state index is 0.00657. The van der Waals surface area contributed by atoms with E-state index in [2.05, 4.69) is 5.32 Å². The Morgan fingerprint density at radius 3 is 2.33 bits per heavy atom. The summed E-state index contributed by atoms with van der Waals surface area (Å²) in [7, 11) is 1.61. The van der Waals surface area contributed by atoms with Gasteiger partial charge in [-0.2, -0.15) is 0 Å². The van der Waals surface area contributed by atoms with Crippen LogP contribution in [-0.4, -0.2) is 36.9 Å². The number of ether oxygens (including phenoxy) is 1. The number of amides is 2. The summed E-state index contributed by atoms with van der Waals surface area (Å²) in [5, 5.41) is 2.94. The molecule has 5 heteroatoms. The Labute approximate surface area is 159 Å². The number of anilines is 1. The SMILES string of the molecule is COc1ccc(NC(=O)C2CCN(C(=O)/C=C/c3ccccc3)CC2)cc1. The molecule has 0 saturated carbocycles. The molecule has 1 N–H and O–H groups in total. The standard InChI is InChI=1S/C22H24N2O3/c1-27-20-10-8-19(9-11-20)23-22(26)18-13-15-24(16-14-18)21(25)12-7-17-5-3-2-4-6-17/h2-12,18H,13-16H2,1H3,(H,23,26)/b12-7+. The fourth-order valence-electron chi connectivity index (χ4n) is 3.12. The zero-order valence-corrected chi connectivity index (χ0v) is 15.4. The molecule has 27 heavy (non-hydrogen) atoms. The first-order valence-electron chi connectivity index (χ1n) is 9.12. The van der Waals surface area contributed by atoms with Crippen molar-refractivity contribution in [1.82, 2.24) is 4.90 Å². The zero-order chi connectivity index (χ0) is 19.1. The van der Waals surface area contributed by atoms with E-state index in [1.807, 2.05) is 60.7 Å². The van der Waals surface area contributed by atoms with Crippen molar-refractivity contribution in [3.05, 3.63) is 66.2 Å². The quantitative estimate of drug-likeness (QED) is 0.825. The first-order valence-corrected chi connectivity index (χ1v) is 9.12. The monoisotopic (exact) mass is 364 g/mol. The highest BCUT2D eigenvalue weighted by molar-refractivity contribution is 5.94. The van der Waals surface area contributed by atoms with Crippen molar-refractivity contribution in [3.63, 3.8) is 0 Å². The maximum Gasteiger partial charge on any atom is 0.246 e. The number of hydrogen-bond donors (Lipinski definition) is 1. The second-order valence-corrected chi connectivity index (χ2v) is 6.56. The Balaban J connectivity index is 1.48. The molecule has 5 nitrogen and oxygen atoms in total. The van der Waals surface area contributed by atoms with Crippen LogP contribution in [-0.2, 0) is 9.59 Å². The van der Waals surface area contributed by atoms with Gasteiger partial charge in [0.2, 0.25) is 11.8 Å². The van der Waals surface area contributed by atoms with E-state index in [1.165, 1.54) is 0 Å². The van der Waals surface area contributed by atoms with E-state index in [0.29, 0.717) is 25.9 Å². The van der Waals surface area contributed by atoms with Crippen LogP contribution in [0, 0.1) is 5.92 Å². The van der Waals surface area contributed by atoms with Crippen molar-refractivity contribution in [2.45, 2.75) is 12.8 Å². The topological polar surface area (TPSA) is 58.6 Å². The predicted octanol–water partition coefficient (Wildman–Crippen LogP) is 3.59. The van der Waals surface area contributed by atoms with Crippen molar-refractivity contribution in [2.75, 3.05) is 25.5 Å². The minimum Gasteiger partial charge on any atom is -0.497 e. The van der Waals surface area contributed by atoms with E-state index in [-0.39, 0.29) is 17.7 Å². The summed E-state index contributed by atoms with van der Waals surface area (Å²) in [6.45, 7) is 1.19. The summed E-state index contributed by atoms with van der Waals surface area (Å²) in [4.78, 5) is 26.6. The van der Waals surface area contributed by atoms with Crippen LogP contribution < -0.4 is 10.1 Å². The smallest absolute Gasteiger partial charge is 0.246 e. The van der Waals surface area contributed by atoms with Gasteiger partial charge in [-0.3, -0.25) is 9.59 Å². The molecule has 1 saturated heterocycles. The van der Waals surface area contributed by atoms with E-state index < -0.39 is 0 Å². The lowest BCUT2D eigenvalue weighted by Gasteiger charge is -2.30. The van der Waals surface area contributed by atoms with Gasteiger partial charge in [0.15, 0.2) is 0 Å². The van der Waals surface area contributed by atoms with E-state index in [1.54, 1.807) is 18.1 Å². The Bertz CT molecular complexity index is 792. The second-order valence-electron chi connectivity index (χ2n) is 6.56. The Hall–Kier alpha value is -3.08. The van der Waals surface area contributed by atoms with Gasteiger partial charge >= 0.3 is 0 Å². The van der Waals surface area contributed by atoms with Gasteiger partial charge in [-0.25, -0.2) is 0 Å². The van der Waals surface area contributed by atoms with Crippen LogP contribution in [0.15, 0.2) is 60.7 Å². The summed E-state index contributed by atoms with van der Waals surface area (Å²) >= 11 is 0. The van der Waals surface area contributed by atoms with Gasteiger partial charge in [0.25, 0.3) is 0 Å². The number of methoxy groups -OCH3 is 1. The summed E-state index contributed by atoms with van der Waals surface area (Å²) in [6, 6.07) is 17.0. The molecule has 2 amide bonds. The molecule has 0 spiro atoms. The number of rotatable bonds is 5. The number of piperidine rings is 1. The fourth-order valence-corrected chi connectivity index (χ4v) is 3.12. The summed E-state index contributed by atoms with van der Waals surface area (Å²) in [5.41, 5.74) is 1.75. The van der Waals surface area contributed by atoms with Gasteiger partial charge in [0, 0.05) is 30.8 Å². The molecule has 1 aliphatic heterocycles. The second kappa shape index (κ2) is 9.03. The number of hydrogen-bond acceptors (Lipinski definition) is 3. The maximum absolute atomic E-state index is 12.4. The summed E-state index contributed by atoms with van der Waals surface area (Å²) in [5.74, 6) is 0.678. The number of likely N-dealkylation sites (tertiary alicyclic amines) is 1. The molecular formula is C22H24N2O3. The van der Waals surface area contributed by atoms with Crippen LogP contribution in [0.1, 0.15) is 18.4 Å². The van der Waals surface area contributed by atoms with Crippen LogP contribution in [0.5, 0.6) is 5.75 Å². The molecule has 140 valence electrons. The molecule has 2 aromatic carbocycles. The number of nitrogens with zero attached hydrogens (tertiary/aromatic N) is 1. The molecule has 0 aromatic heterocycles. The highest BCUT2D eigenvalue weighted by Crippen LogP contribution is 2.21. The molecule has 1 fully saturated rings. The number of carbonyl (C=O) groups is 2. The van der Waals surface area contributed by atoms with Crippen molar-refractivity contribution in [2.24, 2.45) is 5.92 Å². The van der Waals surface area contributed by atoms with Crippen molar-refractivity contribution < 1.29 is 14.3 Å². The lowest BCUT2D eigenvalue weighted by atomic mass is 9.95. The van der Waals surface area contributed by atoms with Gasteiger partial charge in [0.1, 0.15) is 5.75 Å². The Morgan fingerprint density at radius 1 is 1.04 bits per heavy atom. The third-order valence-corrected chi connectivity index (χ3v) is 4.75. The van der Waals surface area contributed by atoms with Gasteiger partial charge in [-0.15, -0.1) is 0 Å². The fraction of sp³-hybridized carbons (Fsp3) is 0.273. The molecule has 0 radical (unpaired) electrons. The number of benzene rings is 2. The van der Waals surface area contributed by atoms with Gasteiger partial charge in [-0.05, 0) is 48.7 Å². The van der Waals surface area contributed by atoms with Crippen molar-refractivity contribution >= 4 is 23.6 Å². The Morgan fingerprint density at radius 2 is 1.70 bits per heavy atom. The molecule has 0 bridgehead atoms. The van der Waals surface area contributed by atoms with E-state index in [0.717, 1.165) is 17.0 Å². The van der Waals surface area contributed by atoms with Gasteiger partial charge < -0.3 is 15.0 Å². The van der Waals surface area contributed by atoms with Crippen LogP contribution in [0.4, 0.5) is 5.69 Å². The largest absolute Gasteiger partial charge is 0.497 e. The van der Waals surface area contributed by atoms with Crippen LogP contribution in [0.25, 0.3) is 6.08 Å². The molecule has 0 aliphatic carbocycles. The van der Waals surface area contributed by atoms with E-state index in [9.17, 15) is 9.59 Å². The molecule has 1 aliphatic rings. The van der Waals surface area contributed by atoms with Gasteiger partial charge in [0.05, 0.1) is 7.11 Å². The lowest BCUT2D eigenvalue weighted by Crippen LogP contribution is -2.40. The van der Waals surface area contributed by atoms with Crippen molar-refractivity contribution in [3.8, 4) is 5.75 Å². The van der Waals surface area contributed by atoms with E-state index in [4.69, 9.17) is 4.74 Å². The van der Waals surface area contributed by atoms with Gasteiger partial charge in [-0.1, -0.05) is 30.3 Å². The third-order valence-electron chi connectivity index (χ3n) is 4.75. The molecule has 0 atom stereocenters. The molecular weight excluding hydrogens is 340 g/mol. The van der Waals surface area contributed by atoms with Crippen molar-refractivity contribution in [1.29, 1.82) is 0 Å². The number of carbonyl (C=O) groups excluding carboxylic acids is 2. The maximum atomic E-state index is 12.4. The zero-order valence-electron chi connectivity index (χ0n) is 15.4. The van der Waals surface area contributed by atoms with Crippen LogP contribution >= 0.6 is 0 Å². The normalized spacial score (nSPS) is 14.9. The molecule has 1 heterocycles. The third kappa shape index (κ3) is 5.20. The molecule has 2 aromatic rings. The predicted molar refractivity (Wildman–Crippen MR) is 106 cm³/mol.